The molecule has 19 heavy (non-hydrogen) atoms. The van der Waals surface area contributed by atoms with Crippen molar-refractivity contribution < 1.29 is 19.0 Å². The zero-order valence-electron chi connectivity index (χ0n) is 11.6. The Balaban J connectivity index is 2.36. The molecule has 0 N–H and O–H groups in total. The molecule has 0 saturated heterocycles. The van der Waals surface area contributed by atoms with Crippen molar-refractivity contribution in [3.05, 3.63) is 35.9 Å². The highest BCUT2D eigenvalue weighted by Crippen LogP contribution is 2.12. The number of hydrogen-bond acceptors (Lipinski definition) is 4. The van der Waals surface area contributed by atoms with Gasteiger partial charge in [-0.05, 0) is 30.7 Å². The molecule has 1 aromatic rings. The Morgan fingerprint density at radius 3 is 2.53 bits per heavy atom. The number of hydrogen-bond donors (Lipinski definition) is 0. The van der Waals surface area contributed by atoms with Crippen LogP contribution < -0.4 is 4.74 Å². The summed E-state index contributed by atoms with van der Waals surface area (Å²) in [4.78, 5) is 11.4. The maximum atomic E-state index is 11.4. The van der Waals surface area contributed by atoms with Crippen LogP contribution in [0, 0.1) is 0 Å². The molecule has 1 atom stereocenters. The van der Waals surface area contributed by atoms with E-state index in [0.717, 1.165) is 11.3 Å². The van der Waals surface area contributed by atoms with Crippen LogP contribution in [-0.4, -0.2) is 32.9 Å². The summed E-state index contributed by atoms with van der Waals surface area (Å²) >= 11 is 0. The Labute approximate surface area is 114 Å². The number of carbonyl (C=O) groups excluding carboxylic acids is 1. The van der Waals surface area contributed by atoms with E-state index in [0.29, 0.717) is 13.0 Å². The number of benzene rings is 1. The molecule has 0 fully saturated rings. The first-order valence-electron chi connectivity index (χ1n) is 6.17. The highest BCUT2D eigenvalue weighted by molar-refractivity contribution is 5.87. The van der Waals surface area contributed by atoms with Crippen LogP contribution in [0.5, 0.6) is 5.75 Å². The van der Waals surface area contributed by atoms with Gasteiger partial charge >= 0.3 is 5.97 Å². The SMILES string of the molecule is COc1ccc(/C=C/C(=O)OCCC(C)OC)cc1. The molecule has 0 spiro atoms. The smallest absolute Gasteiger partial charge is 0.330 e. The van der Waals surface area contributed by atoms with Gasteiger partial charge in [0.1, 0.15) is 5.75 Å². The molecular formula is C15H20O4. The number of ether oxygens (including phenoxy) is 3. The lowest BCUT2D eigenvalue weighted by Gasteiger charge is -2.08. The fraction of sp³-hybridized carbons (Fsp3) is 0.400. The number of esters is 1. The Morgan fingerprint density at radius 1 is 1.26 bits per heavy atom. The molecule has 0 aromatic heterocycles. The predicted octanol–water partition coefficient (Wildman–Crippen LogP) is 2.68. The monoisotopic (exact) mass is 264 g/mol. The zero-order chi connectivity index (χ0) is 14.1. The predicted molar refractivity (Wildman–Crippen MR) is 74.1 cm³/mol. The summed E-state index contributed by atoms with van der Waals surface area (Å²) < 4.78 is 15.2. The molecule has 0 bridgehead atoms. The lowest BCUT2D eigenvalue weighted by atomic mass is 10.2. The van der Waals surface area contributed by atoms with Gasteiger partial charge in [0, 0.05) is 19.6 Å². The van der Waals surface area contributed by atoms with Crippen LogP contribution in [0.15, 0.2) is 30.3 Å². The van der Waals surface area contributed by atoms with Gasteiger partial charge in [0.05, 0.1) is 19.8 Å². The van der Waals surface area contributed by atoms with Crippen LogP contribution in [0.2, 0.25) is 0 Å². The van der Waals surface area contributed by atoms with E-state index in [9.17, 15) is 4.79 Å². The van der Waals surface area contributed by atoms with Crippen molar-refractivity contribution in [3.63, 3.8) is 0 Å². The van der Waals surface area contributed by atoms with Crippen LogP contribution >= 0.6 is 0 Å². The van der Waals surface area contributed by atoms with Gasteiger partial charge in [-0.25, -0.2) is 4.79 Å². The molecule has 1 aromatic carbocycles. The third-order valence-electron chi connectivity index (χ3n) is 2.70. The summed E-state index contributed by atoms with van der Waals surface area (Å²) in [6, 6.07) is 7.42. The normalized spacial score (nSPS) is 12.4. The number of methoxy groups -OCH3 is 2. The maximum absolute atomic E-state index is 11.4. The van der Waals surface area contributed by atoms with Crippen molar-refractivity contribution >= 4 is 12.0 Å². The Morgan fingerprint density at radius 2 is 1.95 bits per heavy atom. The van der Waals surface area contributed by atoms with Crippen LogP contribution in [0.4, 0.5) is 0 Å². The van der Waals surface area contributed by atoms with Gasteiger partial charge < -0.3 is 14.2 Å². The Kier molecular flexibility index (Phi) is 6.68. The van der Waals surface area contributed by atoms with E-state index in [2.05, 4.69) is 0 Å². The average Bonchev–Trinajstić information content (AvgIpc) is 2.45. The first-order valence-corrected chi connectivity index (χ1v) is 6.17. The van der Waals surface area contributed by atoms with Crippen LogP contribution in [-0.2, 0) is 14.3 Å². The average molecular weight is 264 g/mol. The third kappa shape index (κ3) is 6.06. The first kappa shape index (κ1) is 15.2. The largest absolute Gasteiger partial charge is 0.497 e. The second kappa shape index (κ2) is 8.32. The van der Waals surface area contributed by atoms with Gasteiger partial charge in [0.15, 0.2) is 0 Å². The maximum Gasteiger partial charge on any atom is 0.330 e. The minimum atomic E-state index is -0.348. The first-order chi connectivity index (χ1) is 9.15. The number of rotatable bonds is 7. The van der Waals surface area contributed by atoms with Crippen molar-refractivity contribution in [1.82, 2.24) is 0 Å². The molecular weight excluding hydrogens is 244 g/mol. The van der Waals surface area contributed by atoms with Crippen molar-refractivity contribution in [1.29, 1.82) is 0 Å². The van der Waals surface area contributed by atoms with Gasteiger partial charge in [-0.2, -0.15) is 0 Å². The highest BCUT2D eigenvalue weighted by Gasteiger charge is 2.01. The third-order valence-corrected chi connectivity index (χ3v) is 2.70. The van der Waals surface area contributed by atoms with E-state index >= 15 is 0 Å². The standard InChI is InChI=1S/C15H20O4/c1-12(17-2)10-11-19-15(16)9-6-13-4-7-14(18-3)8-5-13/h4-9,12H,10-11H2,1-3H3/b9-6+. The summed E-state index contributed by atoms with van der Waals surface area (Å²) in [6.45, 7) is 2.29. The molecule has 104 valence electrons. The molecule has 4 heteroatoms. The molecule has 0 amide bonds. The minimum absolute atomic E-state index is 0.0957. The molecule has 1 rings (SSSR count). The van der Waals surface area contributed by atoms with Crippen molar-refractivity contribution in [2.45, 2.75) is 19.4 Å². The second-order valence-corrected chi connectivity index (χ2v) is 4.11. The minimum Gasteiger partial charge on any atom is -0.497 e. The van der Waals surface area contributed by atoms with Gasteiger partial charge in [-0.15, -0.1) is 0 Å². The molecule has 0 radical (unpaired) electrons. The quantitative estimate of drug-likeness (QED) is 0.561. The van der Waals surface area contributed by atoms with Crippen molar-refractivity contribution in [2.24, 2.45) is 0 Å². The molecule has 4 nitrogen and oxygen atoms in total. The molecule has 0 aliphatic heterocycles. The summed E-state index contributed by atoms with van der Waals surface area (Å²) in [5, 5.41) is 0. The second-order valence-electron chi connectivity index (χ2n) is 4.11. The van der Waals surface area contributed by atoms with Gasteiger partial charge in [0.2, 0.25) is 0 Å². The van der Waals surface area contributed by atoms with Crippen molar-refractivity contribution in [2.75, 3.05) is 20.8 Å². The highest BCUT2D eigenvalue weighted by atomic mass is 16.5. The van der Waals surface area contributed by atoms with E-state index in [-0.39, 0.29) is 12.1 Å². The van der Waals surface area contributed by atoms with Crippen molar-refractivity contribution in [3.8, 4) is 5.75 Å². The van der Waals surface area contributed by atoms with E-state index in [1.807, 2.05) is 31.2 Å². The Hall–Kier alpha value is -1.81. The van der Waals surface area contributed by atoms with E-state index in [1.165, 1.54) is 6.08 Å². The fourth-order valence-corrected chi connectivity index (χ4v) is 1.37. The summed E-state index contributed by atoms with van der Waals surface area (Å²) in [6.07, 6.45) is 3.91. The molecule has 0 aliphatic rings. The zero-order valence-corrected chi connectivity index (χ0v) is 11.6. The van der Waals surface area contributed by atoms with E-state index < -0.39 is 0 Å². The van der Waals surface area contributed by atoms with Crippen LogP contribution in [0.1, 0.15) is 18.9 Å². The topological polar surface area (TPSA) is 44.8 Å². The Bertz CT molecular complexity index is 409. The van der Waals surface area contributed by atoms with Gasteiger partial charge in [-0.1, -0.05) is 12.1 Å². The summed E-state index contributed by atoms with van der Waals surface area (Å²) in [5.74, 6) is 0.437. The lowest BCUT2D eigenvalue weighted by molar-refractivity contribution is -0.138. The molecule has 1 unspecified atom stereocenters. The van der Waals surface area contributed by atoms with E-state index in [4.69, 9.17) is 14.2 Å². The fourth-order valence-electron chi connectivity index (χ4n) is 1.37. The lowest BCUT2D eigenvalue weighted by Crippen LogP contribution is -2.11. The van der Waals surface area contributed by atoms with Crippen LogP contribution in [0.25, 0.3) is 6.08 Å². The molecule has 0 saturated carbocycles. The number of carbonyl (C=O) groups is 1. The summed E-state index contributed by atoms with van der Waals surface area (Å²) in [7, 11) is 3.25. The molecule has 0 aliphatic carbocycles. The van der Waals surface area contributed by atoms with Gasteiger partial charge in [0.25, 0.3) is 0 Å². The summed E-state index contributed by atoms with van der Waals surface area (Å²) in [5.41, 5.74) is 0.919. The van der Waals surface area contributed by atoms with Crippen LogP contribution in [0.3, 0.4) is 0 Å². The molecule has 0 heterocycles. The van der Waals surface area contributed by atoms with Gasteiger partial charge in [-0.3, -0.25) is 0 Å². The van der Waals surface area contributed by atoms with E-state index in [1.54, 1.807) is 20.3 Å².